The molecule has 2 rings (SSSR count). The minimum Gasteiger partial charge on any atom is -0.318 e. The first-order chi connectivity index (χ1) is 5.83. The smallest absolute Gasteiger partial charge is 0.129 e. The maximum atomic E-state index is 11.6. The summed E-state index contributed by atoms with van der Waals surface area (Å²) < 4.78 is 13.3. The number of nitrogens with two attached hydrogens (primary N) is 1. The Bertz CT molecular complexity index is 327. The lowest BCUT2D eigenvalue weighted by molar-refractivity contribution is 0.469. The van der Waals surface area contributed by atoms with Crippen LogP contribution in [0.2, 0.25) is 0 Å². The van der Waals surface area contributed by atoms with Gasteiger partial charge < -0.3 is 5.73 Å². The normalized spacial score (nSPS) is 22.6. The first kappa shape index (κ1) is 7.91. The van der Waals surface area contributed by atoms with Crippen LogP contribution in [-0.2, 0) is 17.5 Å². The number of benzene rings is 1. The molecule has 0 amide bonds. The third-order valence-corrected chi connectivity index (χ3v) is 3.47. The van der Waals surface area contributed by atoms with Crippen LogP contribution in [0.1, 0.15) is 5.56 Å². The summed E-state index contributed by atoms with van der Waals surface area (Å²) >= 11 is 0. The highest BCUT2D eigenvalue weighted by atomic mass is 32.2. The average Bonchev–Trinajstić information content (AvgIpc) is 2.44. The standard InChI is InChI=1S/C8H10N2OS/c9-6-10-5-7-3-1-2-4-8(7)12(10)11/h1-4H,5-6,9H2. The molecule has 0 aliphatic carbocycles. The molecule has 4 heteroatoms. The van der Waals surface area contributed by atoms with E-state index in [1.54, 1.807) is 4.31 Å². The van der Waals surface area contributed by atoms with E-state index in [4.69, 9.17) is 5.73 Å². The fourth-order valence-corrected chi connectivity index (χ4v) is 2.55. The van der Waals surface area contributed by atoms with Gasteiger partial charge in [-0.25, -0.2) is 8.51 Å². The molecular weight excluding hydrogens is 172 g/mol. The zero-order valence-corrected chi connectivity index (χ0v) is 7.38. The summed E-state index contributed by atoms with van der Waals surface area (Å²) in [6, 6.07) is 7.73. The van der Waals surface area contributed by atoms with Gasteiger partial charge in [-0.1, -0.05) is 18.2 Å². The Morgan fingerprint density at radius 1 is 1.50 bits per heavy atom. The van der Waals surface area contributed by atoms with Gasteiger partial charge in [-0.2, -0.15) is 0 Å². The van der Waals surface area contributed by atoms with Gasteiger partial charge in [-0.3, -0.25) is 0 Å². The van der Waals surface area contributed by atoms with Gasteiger partial charge in [0, 0.05) is 6.54 Å². The van der Waals surface area contributed by atoms with Crippen LogP contribution in [0.3, 0.4) is 0 Å². The molecular formula is C8H10N2OS. The topological polar surface area (TPSA) is 46.3 Å². The second-order valence-corrected chi connectivity index (χ2v) is 4.13. The Morgan fingerprint density at radius 2 is 2.25 bits per heavy atom. The van der Waals surface area contributed by atoms with Crippen molar-refractivity contribution >= 4 is 11.0 Å². The lowest BCUT2D eigenvalue weighted by Gasteiger charge is -2.07. The van der Waals surface area contributed by atoms with Gasteiger partial charge in [0.2, 0.25) is 0 Å². The van der Waals surface area contributed by atoms with Crippen LogP contribution < -0.4 is 5.73 Å². The Labute approximate surface area is 73.8 Å². The fourth-order valence-electron chi connectivity index (χ4n) is 1.32. The molecule has 0 saturated carbocycles. The van der Waals surface area contributed by atoms with Gasteiger partial charge in [-0.15, -0.1) is 0 Å². The van der Waals surface area contributed by atoms with Crippen LogP contribution in [0.25, 0.3) is 0 Å². The number of rotatable bonds is 1. The maximum Gasteiger partial charge on any atom is 0.129 e. The summed E-state index contributed by atoms with van der Waals surface area (Å²) in [6.45, 7) is 1.06. The van der Waals surface area contributed by atoms with Crippen molar-refractivity contribution in [1.29, 1.82) is 0 Å². The van der Waals surface area contributed by atoms with Crippen molar-refractivity contribution in [2.24, 2.45) is 5.73 Å². The van der Waals surface area contributed by atoms with Crippen LogP contribution in [-0.4, -0.2) is 15.2 Å². The molecule has 0 radical (unpaired) electrons. The predicted molar refractivity (Wildman–Crippen MR) is 47.4 cm³/mol. The van der Waals surface area contributed by atoms with Crippen molar-refractivity contribution in [2.75, 3.05) is 6.67 Å². The van der Waals surface area contributed by atoms with Crippen LogP contribution >= 0.6 is 0 Å². The molecule has 12 heavy (non-hydrogen) atoms. The molecule has 0 fully saturated rings. The largest absolute Gasteiger partial charge is 0.318 e. The summed E-state index contributed by atoms with van der Waals surface area (Å²) in [4.78, 5) is 0.906. The minimum atomic E-state index is -1.03. The molecule has 0 bridgehead atoms. The first-order valence-electron chi connectivity index (χ1n) is 3.77. The number of fused-ring (bicyclic) bond motifs is 1. The second kappa shape index (κ2) is 2.97. The van der Waals surface area contributed by atoms with Crippen LogP contribution in [0.4, 0.5) is 0 Å². The monoisotopic (exact) mass is 182 g/mol. The SMILES string of the molecule is NCN1Cc2ccccc2S1=O. The average molecular weight is 182 g/mol. The summed E-state index contributed by atoms with van der Waals surface area (Å²) in [5.41, 5.74) is 6.56. The van der Waals surface area contributed by atoms with Crippen molar-refractivity contribution in [3.63, 3.8) is 0 Å². The predicted octanol–water partition coefficient (Wildman–Crippen LogP) is 0.441. The van der Waals surface area contributed by atoms with E-state index in [9.17, 15) is 4.21 Å². The Hall–Kier alpha value is -0.710. The van der Waals surface area contributed by atoms with Crippen molar-refractivity contribution < 1.29 is 4.21 Å². The zero-order valence-electron chi connectivity index (χ0n) is 6.56. The van der Waals surface area contributed by atoms with Crippen molar-refractivity contribution in [1.82, 2.24) is 4.31 Å². The van der Waals surface area contributed by atoms with Crippen molar-refractivity contribution in [3.05, 3.63) is 29.8 Å². The summed E-state index contributed by atoms with van der Waals surface area (Å²) in [5.74, 6) is 0. The van der Waals surface area contributed by atoms with Gasteiger partial charge in [0.25, 0.3) is 0 Å². The fraction of sp³-hybridized carbons (Fsp3) is 0.250. The summed E-state index contributed by atoms with van der Waals surface area (Å²) in [6.07, 6.45) is 0. The van der Waals surface area contributed by atoms with Gasteiger partial charge >= 0.3 is 0 Å². The summed E-state index contributed by atoms with van der Waals surface area (Å²) in [7, 11) is -1.03. The van der Waals surface area contributed by atoms with E-state index in [2.05, 4.69) is 0 Å². The molecule has 1 aromatic carbocycles. The van der Waals surface area contributed by atoms with E-state index in [1.165, 1.54) is 0 Å². The van der Waals surface area contributed by atoms with Crippen LogP contribution in [0, 0.1) is 0 Å². The van der Waals surface area contributed by atoms with Crippen molar-refractivity contribution in [3.8, 4) is 0 Å². The van der Waals surface area contributed by atoms with E-state index >= 15 is 0 Å². The van der Waals surface area contributed by atoms with E-state index < -0.39 is 11.0 Å². The highest BCUT2D eigenvalue weighted by molar-refractivity contribution is 7.83. The van der Waals surface area contributed by atoms with E-state index in [1.807, 2.05) is 24.3 Å². The first-order valence-corrected chi connectivity index (χ1v) is 4.88. The molecule has 0 spiro atoms. The third-order valence-electron chi connectivity index (χ3n) is 1.95. The van der Waals surface area contributed by atoms with E-state index in [0.717, 1.165) is 10.5 Å². The molecule has 3 nitrogen and oxygen atoms in total. The number of hydrogen-bond acceptors (Lipinski definition) is 2. The summed E-state index contributed by atoms with van der Waals surface area (Å²) in [5, 5.41) is 0. The molecule has 1 unspecified atom stereocenters. The number of nitrogens with zero attached hydrogens (tertiary/aromatic N) is 1. The molecule has 1 atom stereocenters. The van der Waals surface area contributed by atoms with Crippen molar-refractivity contribution in [2.45, 2.75) is 11.4 Å². The van der Waals surface area contributed by atoms with E-state index in [-0.39, 0.29) is 0 Å². The number of hydrogen-bond donors (Lipinski definition) is 1. The molecule has 0 aromatic heterocycles. The minimum absolute atomic E-state index is 0.349. The lowest BCUT2D eigenvalue weighted by Crippen LogP contribution is -2.26. The molecule has 64 valence electrons. The zero-order chi connectivity index (χ0) is 8.55. The molecule has 2 N–H and O–H groups in total. The van der Waals surface area contributed by atoms with Crippen LogP contribution in [0.15, 0.2) is 29.2 Å². The quantitative estimate of drug-likeness (QED) is 0.685. The lowest BCUT2D eigenvalue weighted by atomic mass is 10.2. The van der Waals surface area contributed by atoms with Gasteiger partial charge in [0.1, 0.15) is 11.0 Å². The van der Waals surface area contributed by atoms with Gasteiger partial charge in [0.05, 0.1) is 11.6 Å². The molecule has 1 aromatic rings. The maximum absolute atomic E-state index is 11.6. The van der Waals surface area contributed by atoms with Crippen LogP contribution in [0.5, 0.6) is 0 Å². The van der Waals surface area contributed by atoms with Gasteiger partial charge in [0.15, 0.2) is 0 Å². The third kappa shape index (κ3) is 1.08. The Balaban J connectivity index is 2.42. The molecule has 0 saturated heterocycles. The Morgan fingerprint density at radius 3 is 2.92 bits per heavy atom. The molecule has 1 aliphatic rings. The Kier molecular flexibility index (Phi) is 1.96. The van der Waals surface area contributed by atoms with Gasteiger partial charge in [-0.05, 0) is 11.6 Å². The highest BCUT2D eigenvalue weighted by Crippen LogP contribution is 2.25. The highest BCUT2D eigenvalue weighted by Gasteiger charge is 2.24. The second-order valence-electron chi connectivity index (χ2n) is 2.68. The molecule has 1 heterocycles. The molecule has 1 aliphatic heterocycles. The van der Waals surface area contributed by atoms with E-state index in [0.29, 0.717) is 13.2 Å².